The van der Waals surface area contributed by atoms with Crippen molar-refractivity contribution in [2.45, 2.75) is 12.4 Å². The highest BCUT2D eigenvalue weighted by molar-refractivity contribution is 6.31. The van der Waals surface area contributed by atoms with Crippen LogP contribution in [0.15, 0.2) is 42.7 Å². The van der Waals surface area contributed by atoms with Crippen molar-refractivity contribution < 1.29 is 31.1 Å². The standard InChI is InChI=1S/C17H9ClF6N4O/c18-11-3-2-9(5-10(11)16(19,20)21)29-13-7-27-15(28-14(13)17(22,23)24)12-4-1-8(25)6-26-12/h1-7H,25H2. The number of benzene rings is 1. The molecule has 0 amide bonds. The molecular formula is C17H9ClF6N4O. The summed E-state index contributed by atoms with van der Waals surface area (Å²) < 4.78 is 84.1. The van der Waals surface area contributed by atoms with E-state index in [1.165, 1.54) is 18.3 Å². The number of alkyl halides is 6. The summed E-state index contributed by atoms with van der Waals surface area (Å²) >= 11 is 5.49. The maximum Gasteiger partial charge on any atom is 0.437 e. The second-order valence-corrected chi connectivity index (χ2v) is 6.03. The van der Waals surface area contributed by atoms with E-state index in [0.717, 1.165) is 12.1 Å². The molecule has 0 saturated heterocycles. The van der Waals surface area contributed by atoms with Gasteiger partial charge in [-0.2, -0.15) is 26.3 Å². The SMILES string of the molecule is Nc1ccc(-c2ncc(Oc3ccc(Cl)c(C(F)(F)F)c3)c(C(F)(F)F)n2)nc1. The molecule has 29 heavy (non-hydrogen) atoms. The van der Waals surface area contributed by atoms with Crippen LogP contribution in [0.1, 0.15) is 11.3 Å². The van der Waals surface area contributed by atoms with Crippen molar-refractivity contribution in [1.82, 2.24) is 15.0 Å². The molecule has 12 heteroatoms. The highest BCUT2D eigenvalue weighted by atomic mass is 35.5. The van der Waals surface area contributed by atoms with Gasteiger partial charge in [-0.1, -0.05) is 11.6 Å². The topological polar surface area (TPSA) is 73.9 Å². The fraction of sp³-hybridized carbons (Fsp3) is 0.118. The maximum atomic E-state index is 13.4. The van der Waals surface area contributed by atoms with Gasteiger partial charge in [0.15, 0.2) is 17.3 Å². The van der Waals surface area contributed by atoms with E-state index in [1.807, 2.05) is 0 Å². The lowest BCUT2D eigenvalue weighted by atomic mass is 10.2. The second-order valence-electron chi connectivity index (χ2n) is 5.62. The molecule has 5 nitrogen and oxygen atoms in total. The largest absolute Gasteiger partial charge is 0.453 e. The summed E-state index contributed by atoms with van der Waals surface area (Å²) in [4.78, 5) is 11.0. The third-order valence-electron chi connectivity index (χ3n) is 3.51. The van der Waals surface area contributed by atoms with E-state index in [2.05, 4.69) is 15.0 Å². The number of aromatic nitrogens is 3. The second kappa shape index (κ2) is 7.39. The monoisotopic (exact) mass is 434 g/mol. The molecule has 0 fully saturated rings. The first-order chi connectivity index (χ1) is 13.4. The van der Waals surface area contributed by atoms with Crippen LogP contribution in [0.3, 0.4) is 0 Å². The van der Waals surface area contributed by atoms with Crippen LogP contribution in [0.4, 0.5) is 32.0 Å². The predicted octanol–water partition coefficient (Wildman–Crippen LogP) is 5.60. The van der Waals surface area contributed by atoms with Crippen LogP contribution in [0.2, 0.25) is 5.02 Å². The van der Waals surface area contributed by atoms with Crippen molar-refractivity contribution in [3.63, 3.8) is 0 Å². The van der Waals surface area contributed by atoms with Crippen molar-refractivity contribution in [1.29, 1.82) is 0 Å². The molecule has 3 aromatic rings. The van der Waals surface area contributed by atoms with Gasteiger partial charge in [0.05, 0.1) is 28.7 Å². The van der Waals surface area contributed by atoms with E-state index < -0.39 is 40.1 Å². The smallest absolute Gasteiger partial charge is 0.437 e. The molecule has 0 saturated carbocycles. The van der Waals surface area contributed by atoms with Crippen LogP contribution < -0.4 is 10.5 Å². The van der Waals surface area contributed by atoms with Crippen LogP contribution in [-0.4, -0.2) is 15.0 Å². The molecule has 0 aliphatic carbocycles. The van der Waals surface area contributed by atoms with E-state index in [1.54, 1.807) is 0 Å². The fourth-order valence-electron chi connectivity index (χ4n) is 2.22. The van der Waals surface area contributed by atoms with E-state index in [-0.39, 0.29) is 17.2 Å². The first-order valence-electron chi connectivity index (χ1n) is 7.66. The molecule has 0 unspecified atom stereocenters. The molecule has 2 N–H and O–H groups in total. The molecule has 1 aromatic carbocycles. The van der Waals surface area contributed by atoms with E-state index in [9.17, 15) is 26.3 Å². The molecule has 2 heterocycles. The number of hydrogen-bond acceptors (Lipinski definition) is 5. The van der Waals surface area contributed by atoms with Crippen LogP contribution in [0.5, 0.6) is 11.5 Å². The minimum absolute atomic E-state index is 0.0158. The maximum absolute atomic E-state index is 13.4. The van der Waals surface area contributed by atoms with Crippen LogP contribution in [-0.2, 0) is 12.4 Å². The van der Waals surface area contributed by atoms with E-state index in [4.69, 9.17) is 22.1 Å². The van der Waals surface area contributed by atoms with Crippen molar-refractivity contribution in [2.75, 3.05) is 5.73 Å². The first-order valence-corrected chi connectivity index (χ1v) is 8.03. The number of ether oxygens (including phenoxy) is 1. The molecule has 2 aromatic heterocycles. The van der Waals surface area contributed by atoms with Gasteiger partial charge in [0.25, 0.3) is 0 Å². The minimum Gasteiger partial charge on any atom is -0.453 e. The molecule has 0 spiro atoms. The Hall–Kier alpha value is -3.08. The van der Waals surface area contributed by atoms with E-state index in [0.29, 0.717) is 12.3 Å². The third-order valence-corrected chi connectivity index (χ3v) is 3.84. The number of hydrogen-bond donors (Lipinski definition) is 1. The van der Waals surface area contributed by atoms with Crippen molar-refractivity contribution in [3.05, 3.63) is 59.0 Å². The predicted molar refractivity (Wildman–Crippen MR) is 91.2 cm³/mol. The van der Waals surface area contributed by atoms with Crippen LogP contribution in [0, 0.1) is 0 Å². The number of nitrogen functional groups attached to an aromatic ring is 1. The molecule has 0 bridgehead atoms. The normalized spacial score (nSPS) is 12.1. The van der Waals surface area contributed by atoms with Gasteiger partial charge in [-0.3, -0.25) is 4.98 Å². The molecule has 0 radical (unpaired) electrons. The third kappa shape index (κ3) is 4.67. The summed E-state index contributed by atoms with van der Waals surface area (Å²) in [6.07, 6.45) is -7.88. The lowest BCUT2D eigenvalue weighted by Gasteiger charge is -2.15. The Morgan fingerprint density at radius 3 is 2.21 bits per heavy atom. The number of rotatable bonds is 3. The van der Waals surface area contributed by atoms with Gasteiger partial charge < -0.3 is 10.5 Å². The first kappa shape index (κ1) is 20.6. The average molecular weight is 435 g/mol. The van der Waals surface area contributed by atoms with Gasteiger partial charge in [-0.15, -0.1) is 0 Å². The summed E-state index contributed by atoms with van der Waals surface area (Å²) in [6.45, 7) is 0. The number of pyridine rings is 1. The van der Waals surface area contributed by atoms with Gasteiger partial charge in [-0.05, 0) is 30.3 Å². The zero-order valence-electron chi connectivity index (χ0n) is 14.0. The Labute approximate surface area is 164 Å². The Bertz CT molecular complexity index is 1040. The van der Waals surface area contributed by atoms with Crippen molar-refractivity contribution in [3.8, 4) is 23.0 Å². The summed E-state index contributed by atoms with van der Waals surface area (Å²) in [5.74, 6) is -1.77. The summed E-state index contributed by atoms with van der Waals surface area (Å²) in [7, 11) is 0. The minimum atomic E-state index is -4.97. The van der Waals surface area contributed by atoms with Gasteiger partial charge in [0.2, 0.25) is 0 Å². The molecule has 152 valence electrons. The number of nitrogens with zero attached hydrogens (tertiary/aromatic N) is 3. The lowest BCUT2D eigenvalue weighted by molar-refractivity contribution is -0.142. The number of nitrogens with two attached hydrogens (primary N) is 1. The number of halogens is 7. The molecular weight excluding hydrogens is 426 g/mol. The van der Waals surface area contributed by atoms with Crippen LogP contribution in [0.25, 0.3) is 11.5 Å². The fourth-order valence-corrected chi connectivity index (χ4v) is 2.45. The summed E-state index contributed by atoms with van der Waals surface area (Å²) in [6, 6.07) is 5.06. The van der Waals surface area contributed by atoms with Gasteiger partial charge in [0.1, 0.15) is 11.4 Å². The Morgan fingerprint density at radius 2 is 1.62 bits per heavy atom. The molecule has 3 rings (SSSR count). The zero-order chi connectivity index (χ0) is 21.4. The number of anilines is 1. The zero-order valence-corrected chi connectivity index (χ0v) is 14.8. The van der Waals surface area contributed by atoms with Crippen LogP contribution >= 0.6 is 11.6 Å². The van der Waals surface area contributed by atoms with Crippen molar-refractivity contribution >= 4 is 17.3 Å². The Kier molecular flexibility index (Phi) is 5.26. The summed E-state index contributed by atoms with van der Waals surface area (Å²) in [5.41, 5.74) is 3.04. The lowest BCUT2D eigenvalue weighted by Crippen LogP contribution is -2.12. The Balaban J connectivity index is 2.03. The molecule has 0 aliphatic rings. The van der Waals surface area contributed by atoms with Gasteiger partial charge in [0, 0.05) is 0 Å². The molecule has 0 aliphatic heterocycles. The van der Waals surface area contributed by atoms with Gasteiger partial charge >= 0.3 is 12.4 Å². The highest BCUT2D eigenvalue weighted by Gasteiger charge is 2.38. The van der Waals surface area contributed by atoms with E-state index >= 15 is 0 Å². The average Bonchev–Trinajstić information content (AvgIpc) is 2.62. The van der Waals surface area contributed by atoms with Crippen molar-refractivity contribution in [2.24, 2.45) is 0 Å². The van der Waals surface area contributed by atoms with Gasteiger partial charge in [-0.25, -0.2) is 9.97 Å². The highest BCUT2D eigenvalue weighted by Crippen LogP contribution is 2.40. The quantitative estimate of drug-likeness (QED) is 0.543. The summed E-state index contributed by atoms with van der Waals surface area (Å²) in [5, 5.41) is -0.623. The Morgan fingerprint density at radius 1 is 0.897 bits per heavy atom. The molecule has 0 atom stereocenters.